The summed E-state index contributed by atoms with van der Waals surface area (Å²) in [5, 5.41) is 0. The Bertz CT molecular complexity index is 286. The molecule has 0 amide bonds. The molecule has 3 heteroatoms. The van der Waals surface area contributed by atoms with Crippen molar-refractivity contribution in [2.24, 2.45) is 5.50 Å². The van der Waals surface area contributed by atoms with E-state index >= 15 is 0 Å². The van der Waals surface area contributed by atoms with E-state index in [0.29, 0.717) is 0 Å². The van der Waals surface area contributed by atoms with Crippen LogP contribution in [-0.2, 0) is 0 Å². The molecule has 29 heavy (non-hydrogen) atoms. The second kappa shape index (κ2) is 24.9. The molecule has 1 nitrogen and oxygen atoms in total. The zero-order valence-electron chi connectivity index (χ0n) is 20.7. The van der Waals surface area contributed by atoms with E-state index in [2.05, 4.69) is 20.8 Å². The van der Waals surface area contributed by atoms with Gasteiger partial charge in [-0.15, -0.1) is 0 Å². The van der Waals surface area contributed by atoms with Crippen molar-refractivity contribution >= 4 is 7.41 Å². The summed E-state index contributed by atoms with van der Waals surface area (Å²) in [4.78, 5) is 0. The molecule has 0 aromatic carbocycles. The zero-order chi connectivity index (χ0) is 20.8. The van der Waals surface area contributed by atoms with Gasteiger partial charge < -0.3 is 12.4 Å². The van der Waals surface area contributed by atoms with Crippen LogP contribution in [0.1, 0.15) is 149 Å². The Labute approximate surface area is 192 Å². The van der Waals surface area contributed by atoms with Crippen LogP contribution in [0.5, 0.6) is 0 Å². The van der Waals surface area contributed by atoms with E-state index in [0.717, 1.165) is 0 Å². The maximum Gasteiger partial charge on any atom is 0.0770 e. The molecule has 0 rings (SSSR count). The van der Waals surface area contributed by atoms with Crippen molar-refractivity contribution in [3.05, 3.63) is 0 Å². The topological polar surface area (TPSA) is 26.0 Å². The van der Waals surface area contributed by atoms with Gasteiger partial charge in [0.2, 0.25) is 0 Å². The van der Waals surface area contributed by atoms with Crippen molar-refractivity contribution in [3.63, 3.8) is 0 Å². The summed E-state index contributed by atoms with van der Waals surface area (Å²) >= 11 is 0. The predicted molar refractivity (Wildman–Crippen MR) is 135 cm³/mol. The molecule has 0 aliphatic rings. The highest BCUT2D eigenvalue weighted by Gasteiger charge is 2.30. The lowest BCUT2D eigenvalue weighted by Gasteiger charge is -2.22. The first-order valence-corrected chi connectivity index (χ1v) is 15.7. The van der Waals surface area contributed by atoms with Crippen LogP contribution in [0.15, 0.2) is 0 Å². The quantitative estimate of drug-likeness (QED) is 0.135. The van der Waals surface area contributed by atoms with Gasteiger partial charge in [0.25, 0.3) is 0 Å². The standard InChI is InChI=1S/C26H57NP.ClH/c1-4-7-10-13-14-15-16-17-18-19-20-23-26-28(27,24-21-11-8-5-2)25-22-12-9-6-3;/h4-27H2,1-3H3;1H/q+1;/p-1. The number of unbranched alkanes of at least 4 members (excludes halogenated alkanes) is 17. The molecule has 2 N–H and O–H groups in total. The minimum atomic E-state index is -1.13. The first-order chi connectivity index (χ1) is 13.7. The summed E-state index contributed by atoms with van der Waals surface area (Å²) in [6.07, 6.45) is 32.5. The molecule has 0 aromatic rings. The van der Waals surface area contributed by atoms with Gasteiger partial charge in [0.15, 0.2) is 0 Å². The van der Waals surface area contributed by atoms with Crippen LogP contribution in [-0.4, -0.2) is 18.5 Å². The Morgan fingerprint density at radius 1 is 0.379 bits per heavy atom. The number of hydrogen-bond acceptors (Lipinski definition) is 1. The SMILES string of the molecule is CCCCCCCCCCCCCC[P+](N)(CCCCCC)CCCCCC.[Cl-]. The van der Waals surface area contributed by atoms with E-state index in [9.17, 15) is 0 Å². The Kier molecular flexibility index (Phi) is 27.4. The van der Waals surface area contributed by atoms with Crippen LogP contribution in [0.25, 0.3) is 0 Å². The summed E-state index contributed by atoms with van der Waals surface area (Å²) in [5.41, 5.74) is 7.00. The van der Waals surface area contributed by atoms with Gasteiger partial charge in [-0.3, -0.25) is 0 Å². The third-order valence-corrected chi connectivity index (χ3v) is 9.99. The van der Waals surface area contributed by atoms with Gasteiger partial charge >= 0.3 is 0 Å². The fourth-order valence-corrected chi connectivity index (χ4v) is 7.54. The summed E-state index contributed by atoms with van der Waals surface area (Å²) < 4.78 is 0. The lowest BCUT2D eigenvalue weighted by atomic mass is 10.1. The average molecular weight is 450 g/mol. The highest BCUT2D eigenvalue weighted by molar-refractivity contribution is 7.73. The number of rotatable bonds is 23. The Balaban J connectivity index is 0. The molecule has 0 aliphatic heterocycles. The van der Waals surface area contributed by atoms with Crippen LogP contribution in [0.4, 0.5) is 0 Å². The van der Waals surface area contributed by atoms with Crippen molar-refractivity contribution in [3.8, 4) is 0 Å². The molecule has 178 valence electrons. The van der Waals surface area contributed by atoms with Gasteiger partial charge in [-0.25, -0.2) is 5.50 Å². The molecule has 0 aromatic heterocycles. The third kappa shape index (κ3) is 23.2. The highest BCUT2D eigenvalue weighted by Crippen LogP contribution is 2.53. The largest absolute Gasteiger partial charge is 1.00 e. The molecule has 0 aliphatic carbocycles. The second-order valence-corrected chi connectivity index (χ2v) is 13.2. The monoisotopic (exact) mass is 449 g/mol. The molecule has 0 heterocycles. The van der Waals surface area contributed by atoms with Gasteiger partial charge in [0, 0.05) is 0 Å². The summed E-state index contributed by atoms with van der Waals surface area (Å²) in [5.74, 6) is 0. The van der Waals surface area contributed by atoms with E-state index in [1.165, 1.54) is 147 Å². The minimum Gasteiger partial charge on any atom is -1.00 e. The van der Waals surface area contributed by atoms with Crippen molar-refractivity contribution in [2.45, 2.75) is 149 Å². The van der Waals surface area contributed by atoms with Crippen molar-refractivity contribution < 1.29 is 12.4 Å². The van der Waals surface area contributed by atoms with Crippen LogP contribution < -0.4 is 17.9 Å². The maximum atomic E-state index is 7.00. The van der Waals surface area contributed by atoms with Crippen LogP contribution in [0, 0.1) is 0 Å². The lowest BCUT2D eigenvalue weighted by Crippen LogP contribution is -3.00. The molecule has 0 radical (unpaired) electrons. The molecule has 0 fully saturated rings. The molecule has 0 spiro atoms. The van der Waals surface area contributed by atoms with Crippen LogP contribution in [0.3, 0.4) is 0 Å². The summed E-state index contributed by atoms with van der Waals surface area (Å²) in [6.45, 7) is 6.92. The van der Waals surface area contributed by atoms with E-state index in [4.69, 9.17) is 5.50 Å². The van der Waals surface area contributed by atoms with Gasteiger partial charge in [-0.2, -0.15) is 0 Å². The molecule has 0 bridgehead atoms. The van der Waals surface area contributed by atoms with Crippen LogP contribution >= 0.6 is 7.41 Å². The van der Waals surface area contributed by atoms with Crippen LogP contribution in [0.2, 0.25) is 0 Å². The Morgan fingerprint density at radius 2 is 0.586 bits per heavy atom. The Morgan fingerprint density at radius 3 is 0.862 bits per heavy atom. The molecule has 0 saturated heterocycles. The minimum absolute atomic E-state index is 0. The second-order valence-electron chi connectivity index (χ2n) is 9.40. The van der Waals surface area contributed by atoms with E-state index in [-0.39, 0.29) is 12.4 Å². The average Bonchev–Trinajstić information content (AvgIpc) is 2.70. The fraction of sp³-hybridized carbons (Fsp3) is 1.00. The third-order valence-electron chi connectivity index (χ3n) is 6.37. The van der Waals surface area contributed by atoms with E-state index < -0.39 is 7.41 Å². The van der Waals surface area contributed by atoms with E-state index in [1.54, 1.807) is 0 Å². The fourth-order valence-electron chi connectivity index (χ4n) is 4.31. The summed E-state index contributed by atoms with van der Waals surface area (Å²) in [6, 6.07) is 0. The smallest absolute Gasteiger partial charge is 0.0770 e. The molecular weight excluding hydrogens is 393 g/mol. The van der Waals surface area contributed by atoms with Gasteiger partial charge in [0.05, 0.1) is 25.9 Å². The first kappa shape index (κ1) is 31.9. The molecule has 0 saturated carbocycles. The first-order valence-electron chi connectivity index (χ1n) is 13.3. The normalized spacial score (nSPS) is 11.6. The van der Waals surface area contributed by atoms with Gasteiger partial charge in [-0.05, 0) is 38.5 Å². The summed E-state index contributed by atoms with van der Waals surface area (Å²) in [7, 11) is -1.13. The molecule has 0 atom stereocenters. The van der Waals surface area contributed by atoms with E-state index in [1.807, 2.05) is 0 Å². The maximum absolute atomic E-state index is 7.00. The number of nitrogens with two attached hydrogens (primary N) is 1. The molecule has 0 unspecified atom stereocenters. The van der Waals surface area contributed by atoms with Crippen molar-refractivity contribution in [1.29, 1.82) is 0 Å². The zero-order valence-corrected chi connectivity index (χ0v) is 22.3. The highest BCUT2D eigenvalue weighted by atomic mass is 35.5. The number of hydrogen-bond donors (Lipinski definition) is 1. The predicted octanol–water partition coefficient (Wildman–Crippen LogP) is 6.74. The van der Waals surface area contributed by atoms with Gasteiger partial charge in [0.1, 0.15) is 0 Å². The van der Waals surface area contributed by atoms with Crippen molar-refractivity contribution in [2.75, 3.05) is 18.5 Å². The van der Waals surface area contributed by atoms with Gasteiger partial charge in [-0.1, -0.05) is 111 Å². The number of halogens is 1. The molecular formula is C26H57ClNP. The lowest BCUT2D eigenvalue weighted by molar-refractivity contribution is -0.00000657. The van der Waals surface area contributed by atoms with Crippen molar-refractivity contribution in [1.82, 2.24) is 0 Å². The Hall–Kier alpha value is 0.680.